The summed E-state index contributed by atoms with van der Waals surface area (Å²) in [5, 5.41) is 11.8. The number of nitrogens with zero attached hydrogens (tertiary/aromatic N) is 2. The Hall–Kier alpha value is -4.29. The second kappa shape index (κ2) is 13.3. The van der Waals surface area contributed by atoms with Crippen molar-refractivity contribution in [3.05, 3.63) is 71.0 Å². The number of ether oxygens (including phenoxy) is 2. The quantitative estimate of drug-likeness (QED) is 0.347. The molecule has 0 saturated carbocycles. The van der Waals surface area contributed by atoms with Crippen molar-refractivity contribution in [1.29, 1.82) is 0 Å². The minimum Gasteiger partial charge on any atom is -0.477 e. The van der Waals surface area contributed by atoms with Gasteiger partial charge in [0, 0.05) is 50.8 Å². The molecule has 202 valence electrons. The maximum Gasteiger partial charge on any atom is 0.341 e. The molecule has 0 bridgehead atoms. The number of nitrogens with one attached hydrogen (secondary N) is 3. The van der Waals surface area contributed by atoms with Crippen molar-refractivity contribution in [3.8, 4) is 11.3 Å². The molecule has 0 aliphatic carbocycles. The van der Waals surface area contributed by atoms with Gasteiger partial charge in [-0.1, -0.05) is 12.1 Å². The monoisotopic (exact) mass is 525 g/mol. The lowest BCUT2D eigenvalue weighted by Crippen LogP contribution is -2.42. The van der Waals surface area contributed by atoms with Gasteiger partial charge in [0.1, 0.15) is 11.6 Å². The zero-order valence-electron chi connectivity index (χ0n) is 21.3. The molecular weight excluding hydrogens is 494 g/mol. The van der Waals surface area contributed by atoms with E-state index >= 15 is 0 Å². The number of carbonyl (C=O) groups excluding carboxylic acids is 2. The highest BCUT2D eigenvalue weighted by molar-refractivity contribution is 5.97. The molecule has 38 heavy (non-hydrogen) atoms. The van der Waals surface area contributed by atoms with Crippen LogP contribution in [-0.2, 0) is 19.1 Å². The number of likely N-dealkylation sites (tertiary alicyclic amines) is 1. The van der Waals surface area contributed by atoms with Crippen molar-refractivity contribution in [2.75, 3.05) is 25.6 Å². The molecule has 12 heteroatoms. The van der Waals surface area contributed by atoms with Crippen molar-refractivity contribution >= 4 is 23.5 Å². The van der Waals surface area contributed by atoms with E-state index in [0.29, 0.717) is 36.5 Å². The van der Waals surface area contributed by atoms with Crippen LogP contribution in [0, 0.1) is 0 Å². The number of imidazole rings is 1. The van der Waals surface area contributed by atoms with Crippen LogP contribution >= 0.6 is 0 Å². The standard InChI is InChI=1S/C23H27N3O7.C3H4N2/c1-13(12-32-3)33-17-10-20(26(11-17)14(2)27)22(29)24-16-6-4-15(5-7-16)19-9-8-18(23(30)31)21(28)25-19;1-2-5-3-4-1/h4-9,13,17,20H,10-12H2,1-3H3,(H,24,29)(H,25,28)(H,30,31);1-3H,(H,4,5)/t13?,17?,20-;/m0./s1. The number of hydrogen-bond donors (Lipinski definition) is 4. The number of carboxylic acids is 1. The van der Waals surface area contributed by atoms with E-state index in [-0.39, 0.29) is 29.6 Å². The number of amides is 2. The Labute approximate surface area is 219 Å². The van der Waals surface area contributed by atoms with E-state index < -0.39 is 17.6 Å². The molecule has 12 nitrogen and oxygen atoms in total. The van der Waals surface area contributed by atoms with Gasteiger partial charge in [-0.3, -0.25) is 14.4 Å². The molecule has 1 saturated heterocycles. The highest BCUT2D eigenvalue weighted by Crippen LogP contribution is 2.24. The highest BCUT2D eigenvalue weighted by atomic mass is 16.5. The average Bonchev–Trinajstić information content (AvgIpc) is 3.58. The van der Waals surface area contributed by atoms with Gasteiger partial charge in [-0.25, -0.2) is 9.78 Å². The van der Waals surface area contributed by atoms with Crippen LogP contribution < -0.4 is 10.9 Å². The predicted octanol–water partition coefficient (Wildman–Crippen LogP) is 2.13. The molecule has 1 aromatic carbocycles. The molecule has 4 rings (SSSR count). The van der Waals surface area contributed by atoms with Crippen molar-refractivity contribution in [3.63, 3.8) is 0 Å². The number of anilines is 1. The van der Waals surface area contributed by atoms with Crippen molar-refractivity contribution in [1.82, 2.24) is 19.9 Å². The van der Waals surface area contributed by atoms with Crippen LogP contribution in [0.3, 0.4) is 0 Å². The number of rotatable bonds is 8. The lowest BCUT2D eigenvalue weighted by molar-refractivity contribution is -0.135. The van der Waals surface area contributed by atoms with Gasteiger partial charge >= 0.3 is 5.97 Å². The summed E-state index contributed by atoms with van der Waals surface area (Å²) in [4.78, 5) is 58.3. The molecule has 0 radical (unpaired) electrons. The van der Waals surface area contributed by atoms with Crippen LogP contribution in [0.1, 0.15) is 30.6 Å². The molecule has 1 aliphatic heterocycles. The number of aromatic nitrogens is 3. The van der Waals surface area contributed by atoms with Gasteiger partial charge in [0.25, 0.3) is 5.56 Å². The highest BCUT2D eigenvalue weighted by Gasteiger charge is 2.39. The average molecular weight is 526 g/mol. The Balaban J connectivity index is 0.000000715. The van der Waals surface area contributed by atoms with Crippen LogP contribution in [-0.4, -0.2) is 81.3 Å². The number of hydrogen-bond acceptors (Lipinski definition) is 7. The Morgan fingerprint density at radius 3 is 2.47 bits per heavy atom. The summed E-state index contributed by atoms with van der Waals surface area (Å²) in [5.41, 5.74) is 0.585. The van der Waals surface area contributed by atoms with E-state index in [4.69, 9.17) is 14.6 Å². The molecule has 2 aromatic heterocycles. The van der Waals surface area contributed by atoms with E-state index in [1.165, 1.54) is 24.0 Å². The predicted molar refractivity (Wildman–Crippen MR) is 139 cm³/mol. The molecule has 2 amide bonds. The van der Waals surface area contributed by atoms with Gasteiger partial charge in [-0.05, 0) is 36.8 Å². The Kier molecular flexibility index (Phi) is 9.91. The lowest BCUT2D eigenvalue weighted by atomic mass is 10.1. The summed E-state index contributed by atoms with van der Waals surface area (Å²) in [7, 11) is 1.58. The van der Waals surface area contributed by atoms with Gasteiger partial charge in [0.2, 0.25) is 11.8 Å². The summed E-state index contributed by atoms with van der Waals surface area (Å²) in [6, 6.07) is 8.81. The number of methoxy groups -OCH3 is 1. The van der Waals surface area contributed by atoms with E-state index in [9.17, 15) is 19.2 Å². The normalized spacial score (nSPS) is 17.3. The third-order valence-corrected chi connectivity index (χ3v) is 5.81. The number of aromatic carboxylic acids is 1. The van der Waals surface area contributed by atoms with E-state index in [1.807, 2.05) is 6.92 Å². The summed E-state index contributed by atoms with van der Waals surface area (Å²) in [6.45, 7) is 4.05. The fraction of sp³-hybridized carbons (Fsp3) is 0.346. The van der Waals surface area contributed by atoms with E-state index in [0.717, 1.165) is 0 Å². The summed E-state index contributed by atoms with van der Waals surface area (Å²) < 4.78 is 11.0. The lowest BCUT2D eigenvalue weighted by Gasteiger charge is -2.22. The molecule has 1 fully saturated rings. The fourth-order valence-corrected chi connectivity index (χ4v) is 4.08. The Morgan fingerprint density at radius 1 is 1.21 bits per heavy atom. The van der Waals surface area contributed by atoms with E-state index in [1.54, 1.807) is 50.1 Å². The number of benzene rings is 1. The molecular formula is C26H31N5O7. The molecule has 3 aromatic rings. The smallest absolute Gasteiger partial charge is 0.341 e. The molecule has 3 atom stereocenters. The van der Waals surface area contributed by atoms with E-state index in [2.05, 4.69) is 20.3 Å². The zero-order chi connectivity index (χ0) is 27.7. The number of aromatic amines is 2. The van der Waals surface area contributed by atoms with Gasteiger partial charge in [-0.2, -0.15) is 0 Å². The van der Waals surface area contributed by atoms with Crippen molar-refractivity contribution < 1.29 is 29.0 Å². The fourth-order valence-electron chi connectivity index (χ4n) is 4.08. The topological polar surface area (TPSA) is 167 Å². The second-order valence-corrected chi connectivity index (χ2v) is 8.69. The Morgan fingerprint density at radius 2 is 1.95 bits per heavy atom. The third kappa shape index (κ3) is 7.60. The number of pyridine rings is 1. The first-order chi connectivity index (χ1) is 18.2. The first kappa shape index (κ1) is 28.3. The molecule has 0 spiro atoms. The summed E-state index contributed by atoms with van der Waals surface area (Å²) >= 11 is 0. The third-order valence-electron chi connectivity index (χ3n) is 5.81. The summed E-state index contributed by atoms with van der Waals surface area (Å²) in [5.74, 6) is -1.82. The van der Waals surface area contributed by atoms with Crippen LogP contribution in [0.4, 0.5) is 5.69 Å². The molecule has 4 N–H and O–H groups in total. The van der Waals surface area contributed by atoms with Crippen molar-refractivity contribution in [2.24, 2.45) is 0 Å². The zero-order valence-corrected chi connectivity index (χ0v) is 21.3. The second-order valence-electron chi connectivity index (χ2n) is 8.69. The number of carboxylic acid groups (broad SMARTS) is 1. The van der Waals surface area contributed by atoms with Gasteiger partial charge in [0.05, 0.1) is 25.1 Å². The van der Waals surface area contributed by atoms with Crippen LogP contribution in [0.2, 0.25) is 0 Å². The maximum absolute atomic E-state index is 12.9. The largest absolute Gasteiger partial charge is 0.477 e. The summed E-state index contributed by atoms with van der Waals surface area (Å²) in [6.07, 6.45) is 5.05. The van der Waals surface area contributed by atoms with Crippen LogP contribution in [0.25, 0.3) is 11.3 Å². The minimum atomic E-state index is -1.30. The molecule has 1 aliphatic rings. The van der Waals surface area contributed by atoms with Gasteiger partial charge in [-0.15, -0.1) is 0 Å². The van der Waals surface area contributed by atoms with Crippen LogP contribution in [0.15, 0.2) is 59.9 Å². The maximum atomic E-state index is 12.9. The first-order valence-corrected chi connectivity index (χ1v) is 11.9. The Bertz CT molecular complexity index is 1260. The number of carbonyl (C=O) groups is 3. The SMILES string of the molecule is COCC(C)OC1C[C@@H](C(=O)Nc2ccc(-c3ccc(C(=O)O)c(=O)[nH]3)cc2)N(C(C)=O)C1.c1c[nH]cn1. The molecule has 3 heterocycles. The van der Waals surface area contributed by atoms with Gasteiger partial charge in [0.15, 0.2) is 0 Å². The van der Waals surface area contributed by atoms with Crippen molar-refractivity contribution in [2.45, 2.75) is 38.5 Å². The van der Waals surface area contributed by atoms with Gasteiger partial charge < -0.3 is 34.8 Å². The molecule has 2 unspecified atom stereocenters. The number of H-pyrrole nitrogens is 2. The van der Waals surface area contributed by atoms with Crippen LogP contribution in [0.5, 0.6) is 0 Å². The minimum absolute atomic E-state index is 0.154. The first-order valence-electron chi connectivity index (χ1n) is 11.9.